The molecule has 2 fully saturated rings. The van der Waals surface area contributed by atoms with E-state index < -0.39 is 24.1 Å². The van der Waals surface area contributed by atoms with Crippen molar-refractivity contribution in [3.63, 3.8) is 0 Å². The van der Waals surface area contributed by atoms with Crippen LogP contribution in [0.2, 0.25) is 5.02 Å². The summed E-state index contributed by atoms with van der Waals surface area (Å²) in [6, 6.07) is 3.77. The summed E-state index contributed by atoms with van der Waals surface area (Å²) in [7, 11) is 0. The molecule has 0 bridgehead atoms. The molecule has 24 heavy (non-hydrogen) atoms. The van der Waals surface area contributed by atoms with Gasteiger partial charge < -0.3 is 19.8 Å². The summed E-state index contributed by atoms with van der Waals surface area (Å²) in [6.07, 6.45) is -1.16. The van der Waals surface area contributed by atoms with Crippen LogP contribution in [0, 0.1) is 17.7 Å². The van der Waals surface area contributed by atoms with Crippen LogP contribution in [-0.4, -0.2) is 52.4 Å². The lowest BCUT2D eigenvalue weighted by Gasteiger charge is -2.31. The number of aliphatic hydroxyl groups is 2. The zero-order chi connectivity index (χ0) is 17.4. The number of amides is 1. The normalized spacial score (nSPS) is 30.8. The monoisotopic (exact) mass is 357 g/mol. The number of fused-ring (bicyclic) bond motifs is 1. The Balaban J connectivity index is 1.62. The quantitative estimate of drug-likeness (QED) is 0.866. The summed E-state index contributed by atoms with van der Waals surface area (Å²) in [5.74, 6) is 0.0325. The minimum absolute atomic E-state index is 0.121. The first-order valence-corrected chi connectivity index (χ1v) is 8.49. The summed E-state index contributed by atoms with van der Waals surface area (Å²) in [4.78, 5) is 14.3. The van der Waals surface area contributed by atoms with E-state index in [9.17, 15) is 19.4 Å². The highest BCUT2D eigenvalue weighted by Crippen LogP contribution is 2.37. The number of hydrogen-bond donors (Lipinski definition) is 2. The number of aliphatic hydroxyl groups excluding tert-OH is 2. The number of nitrogens with zero attached hydrogens (tertiary/aromatic N) is 1. The van der Waals surface area contributed by atoms with E-state index >= 15 is 0 Å². The number of benzene rings is 1. The Kier molecular flexibility index (Phi) is 4.99. The molecule has 1 amide bonds. The van der Waals surface area contributed by atoms with Crippen LogP contribution in [0.3, 0.4) is 0 Å². The Bertz CT molecular complexity index is 611. The molecule has 0 aromatic heterocycles. The van der Waals surface area contributed by atoms with Crippen LogP contribution in [-0.2, 0) is 4.79 Å². The maximum absolute atomic E-state index is 13.1. The molecule has 5 nitrogen and oxygen atoms in total. The number of carbonyl (C=O) groups is 1. The van der Waals surface area contributed by atoms with E-state index in [1.807, 2.05) is 0 Å². The highest BCUT2D eigenvalue weighted by atomic mass is 35.5. The molecule has 5 atom stereocenters. The highest BCUT2D eigenvalue weighted by Gasteiger charge is 2.43. The second-order valence-electron chi connectivity index (χ2n) is 6.70. The Hall–Kier alpha value is -1.37. The van der Waals surface area contributed by atoms with Gasteiger partial charge in [-0.3, -0.25) is 4.79 Å². The van der Waals surface area contributed by atoms with Crippen molar-refractivity contribution in [1.29, 1.82) is 0 Å². The molecule has 1 heterocycles. The molecule has 1 aliphatic carbocycles. The zero-order valence-electron chi connectivity index (χ0n) is 13.4. The van der Waals surface area contributed by atoms with Crippen LogP contribution in [0.15, 0.2) is 18.2 Å². The Labute approximate surface area is 145 Å². The molecule has 2 N–H and O–H groups in total. The second-order valence-corrected chi connectivity index (χ2v) is 7.11. The van der Waals surface area contributed by atoms with E-state index in [-0.39, 0.29) is 28.5 Å². The molecule has 3 rings (SSSR count). The summed E-state index contributed by atoms with van der Waals surface area (Å²) < 4.78 is 18.6. The standard InChI is InChI=1S/C17H21ClFNO4/c1-9(24-16-3-2-12(19)6-13(16)18)17(23)20-7-10-4-14(21)15(22)5-11(10)8-20/h2-3,6,9-11,14-15,21-22H,4-5,7-8H2,1H3/t9?,10-,11+,14+,15-. The number of hydrogen-bond acceptors (Lipinski definition) is 4. The summed E-state index contributed by atoms with van der Waals surface area (Å²) in [5, 5.41) is 19.7. The van der Waals surface area contributed by atoms with Crippen LogP contribution in [0.25, 0.3) is 0 Å². The SMILES string of the molecule is CC(Oc1ccc(F)cc1Cl)C(=O)N1C[C@H]2C[C@H](O)[C@H](O)C[C@H]2C1. The van der Waals surface area contributed by atoms with Crippen molar-refractivity contribution in [2.45, 2.75) is 38.1 Å². The molecule has 1 aliphatic heterocycles. The Morgan fingerprint density at radius 1 is 1.29 bits per heavy atom. The fraction of sp³-hybridized carbons (Fsp3) is 0.588. The van der Waals surface area contributed by atoms with Gasteiger partial charge in [-0.1, -0.05) is 11.6 Å². The third-order valence-corrected chi connectivity index (χ3v) is 5.26. The van der Waals surface area contributed by atoms with Gasteiger partial charge in [-0.25, -0.2) is 4.39 Å². The van der Waals surface area contributed by atoms with Crippen LogP contribution < -0.4 is 4.74 Å². The van der Waals surface area contributed by atoms with Gasteiger partial charge in [-0.15, -0.1) is 0 Å². The number of halogens is 2. The Morgan fingerprint density at radius 3 is 2.42 bits per heavy atom. The molecular weight excluding hydrogens is 337 g/mol. The van der Waals surface area contributed by atoms with Crippen molar-refractivity contribution < 1.29 is 24.1 Å². The van der Waals surface area contributed by atoms with E-state index in [4.69, 9.17) is 16.3 Å². The van der Waals surface area contributed by atoms with E-state index in [0.717, 1.165) is 6.07 Å². The smallest absolute Gasteiger partial charge is 0.263 e. The third kappa shape index (κ3) is 3.50. The van der Waals surface area contributed by atoms with E-state index in [1.165, 1.54) is 12.1 Å². The van der Waals surface area contributed by atoms with Crippen LogP contribution in [0.5, 0.6) is 5.75 Å². The first-order chi connectivity index (χ1) is 11.3. The topological polar surface area (TPSA) is 70.0 Å². The number of ether oxygens (including phenoxy) is 1. The molecule has 1 unspecified atom stereocenters. The maximum atomic E-state index is 13.1. The first-order valence-electron chi connectivity index (χ1n) is 8.11. The van der Waals surface area contributed by atoms with Gasteiger partial charge in [-0.05, 0) is 49.8 Å². The fourth-order valence-corrected chi connectivity index (χ4v) is 3.87. The largest absolute Gasteiger partial charge is 0.479 e. The van der Waals surface area contributed by atoms with Crippen LogP contribution in [0.1, 0.15) is 19.8 Å². The fourth-order valence-electron chi connectivity index (χ4n) is 3.66. The van der Waals surface area contributed by atoms with Gasteiger partial charge in [0.05, 0.1) is 17.2 Å². The predicted octanol–water partition coefficient (Wildman–Crippen LogP) is 1.84. The zero-order valence-corrected chi connectivity index (χ0v) is 14.1. The lowest BCUT2D eigenvalue weighted by molar-refractivity contribution is -0.137. The van der Waals surface area contributed by atoms with E-state index in [2.05, 4.69) is 0 Å². The minimum Gasteiger partial charge on any atom is -0.479 e. The molecule has 7 heteroatoms. The number of likely N-dealkylation sites (tertiary alicyclic amines) is 1. The molecule has 1 saturated carbocycles. The van der Waals surface area contributed by atoms with Crippen LogP contribution >= 0.6 is 11.6 Å². The molecule has 0 spiro atoms. The van der Waals surface area contributed by atoms with Crippen molar-refractivity contribution in [1.82, 2.24) is 4.90 Å². The van der Waals surface area contributed by atoms with Crippen molar-refractivity contribution >= 4 is 17.5 Å². The Morgan fingerprint density at radius 2 is 1.88 bits per heavy atom. The molecule has 0 radical (unpaired) electrons. The van der Waals surface area contributed by atoms with Gasteiger partial charge in [-0.2, -0.15) is 0 Å². The third-order valence-electron chi connectivity index (χ3n) is 4.97. The molecular formula is C17H21ClFNO4. The first kappa shape index (κ1) is 17.5. The van der Waals surface area contributed by atoms with Crippen molar-refractivity contribution in [3.8, 4) is 5.75 Å². The highest BCUT2D eigenvalue weighted by molar-refractivity contribution is 6.32. The van der Waals surface area contributed by atoms with Crippen molar-refractivity contribution in [2.75, 3.05) is 13.1 Å². The number of carbonyl (C=O) groups excluding carboxylic acids is 1. The lowest BCUT2D eigenvalue weighted by Crippen LogP contribution is -2.39. The molecule has 132 valence electrons. The van der Waals surface area contributed by atoms with Gasteiger partial charge >= 0.3 is 0 Å². The average molecular weight is 358 g/mol. The minimum atomic E-state index is -0.747. The van der Waals surface area contributed by atoms with Crippen molar-refractivity contribution in [2.24, 2.45) is 11.8 Å². The van der Waals surface area contributed by atoms with Gasteiger partial charge in [0.1, 0.15) is 11.6 Å². The maximum Gasteiger partial charge on any atom is 0.263 e. The van der Waals surface area contributed by atoms with E-state index in [0.29, 0.717) is 25.9 Å². The molecule has 1 aromatic rings. The van der Waals surface area contributed by atoms with Gasteiger partial charge in [0.2, 0.25) is 0 Å². The summed E-state index contributed by atoms with van der Waals surface area (Å²) in [5.41, 5.74) is 0. The lowest BCUT2D eigenvalue weighted by atomic mass is 9.79. The second kappa shape index (κ2) is 6.86. The summed E-state index contributed by atoms with van der Waals surface area (Å²) >= 11 is 5.92. The summed E-state index contributed by atoms with van der Waals surface area (Å²) in [6.45, 7) is 2.74. The van der Waals surface area contributed by atoms with Gasteiger partial charge in [0.15, 0.2) is 6.10 Å². The van der Waals surface area contributed by atoms with Crippen molar-refractivity contribution in [3.05, 3.63) is 29.0 Å². The van der Waals surface area contributed by atoms with Gasteiger partial charge in [0.25, 0.3) is 5.91 Å². The average Bonchev–Trinajstić information content (AvgIpc) is 2.92. The van der Waals surface area contributed by atoms with E-state index in [1.54, 1.807) is 11.8 Å². The van der Waals surface area contributed by atoms with Gasteiger partial charge in [0, 0.05) is 13.1 Å². The number of rotatable bonds is 3. The molecule has 1 aromatic carbocycles. The molecule has 1 saturated heterocycles. The predicted molar refractivity (Wildman–Crippen MR) is 86.3 cm³/mol. The van der Waals surface area contributed by atoms with Crippen LogP contribution in [0.4, 0.5) is 4.39 Å². The molecule has 2 aliphatic rings.